The number of ether oxygens (including phenoxy) is 2. The Balaban J connectivity index is 1.65. The number of anilines is 2. The summed E-state index contributed by atoms with van der Waals surface area (Å²) in [5.41, 5.74) is 7.19. The van der Waals surface area contributed by atoms with Gasteiger partial charge in [-0.3, -0.25) is 0 Å². The molecule has 1 aliphatic heterocycles. The van der Waals surface area contributed by atoms with Crippen LogP contribution in [-0.2, 0) is 4.74 Å². The molecule has 0 spiro atoms. The molecule has 0 aliphatic carbocycles. The minimum Gasteiger partial charge on any atom is -0.453 e. The zero-order chi connectivity index (χ0) is 21.3. The number of pyridine rings is 1. The molecule has 0 amide bonds. The average molecular weight is 413 g/mol. The van der Waals surface area contributed by atoms with Gasteiger partial charge in [0.25, 0.3) is 0 Å². The molecule has 0 bridgehead atoms. The Morgan fingerprint density at radius 2 is 2.07 bits per heavy atom. The molecule has 7 heteroatoms. The minimum atomic E-state index is -0.462. The first kappa shape index (κ1) is 21.9. The SMILES string of the molecule is CNc1ccc(Oc2ccnc(N)c2C#CCC2CCN(CCOC)CC2)c(F)c1. The van der Waals surface area contributed by atoms with Gasteiger partial charge in [-0.05, 0) is 44.0 Å². The molecule has 6 nitrogen and oxygen atoms in total. The normalized spacial score (nSPS) is 14.8. The van der Waals surface area contributed by atoms with Crippen LogP contribution in [0.25, 0.3) is 0 Å². The summed E-state index contributed by atoms with van der Waals surface area (Å²) in [4.78, 5) is 6.53. The second kappa shape index (κ2) is 10.8. The molecular formula is C23H29FN4O2. The van der Waals surface area contributed by atoms with Crippen molar-refractivity contribution in [1.29, 1.82) is 0 Å². The summed E-state index contributed by atoms with van der Waals surface area (Å²) in [6.07, 6.45) is 4.56. The Bertz CT molecular complexity index is 902. The summed E-state index contributed by atoms with van der Waals surface area (Å²) >= 11 is 0. The van der Waals surface area contributed by atoms with Crippen molar-refractivity contribution >= 4 is 11.5 Å². The van der Waals surface area contributed by atoms with Crippen LogP contribution in [0.4, 0.5) is 15.9 Å². The van der Waals surface area contributed by atoms with E-state index in [0.29, 0.717) is 22.9 Å². The van der Waals surface area contributed by atoms with Crippen LogP contribution in [0.1, 0.15) is 24.8 Å². The smallest absolute Gasteiger partial charge is 0.167 e. The van der Waals surface area contributed by atoms with Crippen LogP contribution in [0.3, 0.4) is 0 Å². The summed E-state index contributed by atoms with van der Waals surface area (Å²) < 4.78 is 25.2. The maximum atomic E-state index is 14.3. The van der Waals surface area contributed by atoms with E-state index >= 15 is 0 Å². The number of benzene rings is 1. The van der Waals surface area contributed by atoms with E-state index in [1.165, 1.54) is 12.3 Å². The standard InChI is InChI=1S/C23H29FN4O2/c1-26-18-6-7-22(20(24)16-18)30-21-8-11-27-23(25)19(21)5-3-4-17-9-12-28(13-10-17)14-15-29-2/h6-8,11,16-17,26H,4,9-10,12-15H2,1-2H3,(H2,25,27). The van der Waals surface area contributed by atoms with Gasteiger partial charge >= 0.3 is 0 Å². The second-order valence-electron chi connectivity index (χ2n) is 7.35. The van der Waals surface area contributed by atoms with E-state index < -0.39 is 5.82 Å². The van der Waals surface area contributed by atoms with Crippen molar-refractivity contribution in [1.82, 2.24) is 9.88 Å². The van der Waals surface area contributed by atoms with E-state index in [1.54, 1.807) is 32.4 Å². The average Bonchev–Trinajstić information content (AvgIpc) is 2.76. The van der Waals surface area contributed by atoms with Crippen LogP contribution < -0.4 is 15.8 Å². The molecule has 1 aromatic carbocycles. The van der Waals surface area contributed by atoms with Crippen molar-refractivity contribution in [3.63, 3.8) is 0 Å². The monoisotopic (exact) mass is 412 g/mol. The van der Waals surface area contributed by atoms with Gasteiger partial charge in [0.05, 0.1) is 6.61 Å². The maximum absolute atomic E-state index is 14.3. The van der Waals surface area contributed by atoms with E-state index in [9.17, 15) is 4.39 Å². The number of rotatable bonds is 7. The van der Waals surface area contributed by atoms with Gasteiger partial charge in [0.15, 0.2) is 11.6 Å². The number of nitrogen functional groups attached to an aromatic ring is 1. The number of hydrogen-bond donors (Lipinski definition) is 2. The predicted molar refractivity (Wildman–Crippen MR) is 117 cm³/mol. The highest BCUT2D eigenvalue weighted by Crippen LogP contribution is 2.30. The van der Waals surface area contributed by atoms with Crippen LogP contribution >= 0.6 is 0 Å². The lowest BCUT2D eigenvalue weighted by Crippen LogP contribution is -2.35. The Labute approximate surface area is 177 Å². The highest BCUT2D eigenvalue weighted by molar-refractivity contribution is 5.59. The lowest BCUT2D eigenvalue weighted by atomic mass is 9.94. The molecule has 1 aliphatic rings. The number of nitrogens with zero attached hydrogens (tertiary/aromatic N) is 2. The molecule has 30 heavy (non-hydrogen) atoms. The first-order valence-corrected chi connectivity index (χ1v) is 10.2. The molecule has 0 atom stereocenters. The number of aromatic nitrogens is 1. The molecule has 1 aromatic heterocycles. The quantitative estimate of drug-likeness (QED) is 0.675. The van der Waals surface area contributed by atoms with Crippen LogP contribution in [0.5, 0.6) is 11.5 Å². The van der Waals surface area contributed by atoms with Crippen molar-refractivity contribution in [2.75, 3.05) is 51.4 Å². The van der Waals surface area contributed by atoms with Crippen molar-refractivity contribution in [2.45, 2.75) is 19.3 Å². The summed E-state index contributed by atoms with van der Waals surface area (Å²) in [5, 5.41) is 2.89. The highest BCUT2D eigenvalue weighted by Gasteiger charge is 2.18. The largest absolute Gasteiger partial charge is 0.453 e. The van der Waals surface area contributed by atoms with E-state index in [0.717, 1.165) is 45.5 Å². The fourth-order valence-electron chi connectivity index (χ4n) is 3.45. The summed E-state index contributed by atoms with van der Waals surface area (Å²) in [6.45, 7) is 3.89. The van der Waals surface area contributed by atoms with E-state index in [-0.39, 0.29) is 11.6 Å². The van der Waals surface area contributed by atoms with Crippen molar-refractivity contribution in [2.24, 2.45) is 5.92 Å². The summed E-state index contributed by atoms with van der Waals surface area (Å²) in [7, 11) is 3.46. The van der Waals surface area contributed by atoms with Gasteiger partial charge in [0.2, 0.25) is 0 Å². The van der Waals surface area contributed by atoms with Gasteiger partial charge in [0, 0.05) is 51.1 Å². The number of nitrogens with two attached hydrogens (primary N) is 1. The third-order valence-electron chi connectivity index (χ3n) is 5.31. The van der Waals surface area contributed by atoms with Gasteiger partial charge < -0.3 is 25.4 Å². The zero-order valence-corrected chi connectivity index (χ0v) is 17.6. The maximum Gasteiger partial charge on any atom is 0.167 e. The predicted octanol–water partition coefficient (Wildman–Crippen LogP) is 3.74. The Morgan fingerprint density at radius 1 is 1.27 bits per heavy atom. The first-order chi connectivity index (χ1) is 14.6. The minimum absolute atomic E-state index is 0.117. The molecule has 1 fully saturated rings. The van der Waals surface area contributed by atoms with Gasteiger partial charge in [0.1, 0.15) is 17.1 Å². The number of halogens is 1. The number of methoxy groups -OCH3 is 1. The number of hydrogen-bond acceptors (Lipinski definition) is 6. The third kappa shape index (κ3) is 5.85. The van der Waals surface area contributed by atoms with E-state index in [4.69, 9.17) is 15.2 Å². The molecule has 2 aromatic rings. The van der Waals surface area contributed by atoms with Crippen molar-refractivity contribution < 1.29 is 13.9 Å². The molecule has 1 saturated heterocycles. The van der Waals surface area contributed by atoms with Gasteiger partial charge in [-0.1, -0.05) is 11.8 Å². The first-order valence-electron chi connectivity index (χ1n) is 10.2. The molecule has 0 saturated carbocycles. The Kier molecular flexibility index (Phi) is 7.89. The number of piperidine rings is 1. The Morgan fingerprint density at radius 3 is 2.77 bits per heavy atom. The lowest BCUT2D eigenvalue weighted by Gasteiger charge is -2.30. The van der Waals surface area contributed by atoms with E-state index in [1.807, 2.05) is 0 Å². The topological polar surface area (TPSA) is 72.6 Å². The highest BCUT2D eigenvalue weighted by atomic mass is 19.1. The molecule has 3 N–H and O–H groups in total. The molecule has 0 radical (unpaired) electrons. The van der Waals surface area contributed by atoms with Gasteiger partial charge in [-0.2, -0.15) is 0 Å². The second-order valence-corrected chi connectivity index (χ2v) is 7.35. The van der Waals surface area contributed by atoms with E-state index in [2.05, 4.69) is 27.0 Å². The zero-order valence-electron chi connectivity index (χ0n) is 17.6. The summed E-state index contributed by atoms with van der Waals surface area (Å²) in [6, 6.07) is 6.35. The molecule has 160 valence electrons. The lowest BCUT2D eigenvalue weighted by molar-refractivity contribution is 0.121. The third-order valence-corrected chi connectivity index (χ3v) is 5.31. The number of nitrogens with one attached hydrogen (secondary N) is 1. The fraction of sp³-hybridized carbons (Fsp3) is 0.435. The van der Waals surface area contributed by atoms with Crippen LogP contribution in [0.15, 0.2) is 30.5 Å². The van der Waals surface area contributed by atoms with Gasteiger partial charge in [-0.25, -0.2) is 9.37 Å². The fourth-order valence-corrected chi connectivity index (χ4v) is 3.45. The van der Waals surface area contributed by atoms with Crippen molar-refractivity contribution in [3.05, 3.63) is 41.8 Å². The Hall–Kier alpha value is -2.82. The molecule has 3 rings (SSSR count). The molecule has 2 heterocycles. The van der Waals surface area contributed by atoms with Crippen LogP contribution in [0, 0.1) is 23.6 Å². The van der Waals surface area contributed by atoms with Crippen LogP contribution in [-0.4, -0.2) is 50.3 Å². The van der Waals surface area contributed by atoms with Gasteiger partial charge in [-0.15, -0.1) is 0 Å². The number of likely N-dealkylation sites (tertiary alicyclic amines) is 1. The van der Waals surface area contributed by atoms with Crippen LogP contribution in [0.2, 0.25) is 0 Å². The summed E-state index contributed by atoms with van der Waals surface area (Å²) in [5.74, 6) is 7.24. The van der Waals surface area contributed by atoms with Crippen molar-refractivity contribution in [3.8, 4) is 23.3 Å². The molecule has 0 unspecified atom stereocenters. The molecular weight excluding hydrogens is 383 g/mol.